The van der Waals surface area contributed by atoms with Gasteiger partial charge in [-0.2, -0.15) is 0 Å². The SMILES string of the molecule is Cl.O=C(C=C1CCCCCN1)N1CCn2c(cc3ccccc32)C1. The maximum absolute atomic E-state index is 12.6. The monoisotopic (exact) mass is 345 g/mol. The fourth-order valence-electron chi connectivity index (χ4n) is 3.66. The van der Waals surface area contributed by atoms with E-state index in [1.54, 1.807) is 0 Å². The van der Waals surface area contributed by atoms with E-state index in [2.05, 4.69) is 40.2 Å². The highest BCUT2D eigenvalue weighted by atomic mass is 35.5. The van der Waals surface area contributed by atoms with Crippen LogP contribution in [0.1, 0.15) is 31.4 Å². The van der Waals surface area contributed by atoms with Gasteiger partial charge >= 0.3 is 0 Å². The van der Waals surface area contributed by atoms with Crippen LogP contribution in [0.15, 0.2) is 42.1 Å². The number of carbonyl (C=O) groups excluding carboxylic acids is 1. The van der Waals surface area contributed by atoms with Gasteiger partial charge in [-0.25, -0.2) is 0 Å². The number of hydrogen-bond donors (Lipinski definition) is 1. The Bertz CT molecular complexity index is 755. The molecular formula is C19H24ClN3O. The highest BCUT2D eigenvalue weighted by molar-refractivity contribution is 5.89. The number of rotatable bonds is 1. The molecule has 1 amide bonds. The van der Waals surface area contributed by atoms with Crippen molar-refractivity contribution in [1.82, 2.24) is 14.8 Å². The van der Waals surface area contributed by atoms with Crippen LogP contribution in [0.2, 0.25) is 0 Å². The minimum atomic E-state index is 0. The average Bonchev–Trinajstić information content (AvgIpc) is 2.74. The summed E-state index contributed by atoms with van der Waals surface area (Å²) in [7, 11) is 0. The molecule has 0 atom stereocenters. The van der Waals surface area contributed by atoms with Gasteiger partial charge in [0, 0.05) is 42.6 Å². The second-order valence-corrected chi connectivity index (χ2v) is 6.51. The van der Waals surface area contributed by atoms with Crippen LogP contribution in [-0.4, -0.2) is 28.5 Å². The highest BCUT2D eigenvalue weighted by Gasteiger charge is 2.21. The molecule has 1 N–H and O–H groups in total. The van der Waals surface area contributed by atoms with E-state index in [4.69, 9.17) is 0 Å². The third-order valence-corrected chi connectivity index (χ3v) is 4.93. The number of fused-ring (bicyclic) bond motifs is 3. The van der Waals surface area contributed by atoms with Gasteiger partial charge < -0.3 is 14.8 Å². The standard InChI is InChI=1S/C19H23N3O.ClH/c23-19(13-16-7-2-1-5-9-20-16)21-10-11-22-17(14-21)12-15-6-3-4-8-18(15)22;/h3-4,6,8,12-13,20H,1-2,5,7,9-11,14H2;1H. The van der Waals surface area contributed by atoms with E-state index in [1.165, 1.54) is 35.9 Å². The average molecular weight is 346 g/mol. The Labute approximate surface area is 148 Å². The number of aromatic nitrogens is 1. The summed E-state index contributed by atoms with van der Waals surface area (Å²) in [6.45, 7) is 3.37. The summed E-state index contributed by atoms with van der Waals surface area (Å²) in [6.07, 6.45) is 6.46. The molecule has 0 aliphatic carbocycles. The third-order valence-electron chi connectivity index (χ3n) is 4.93. The number of nitrogens with one attached hydrogen (secondary N) is 1. The zero-order valence-corrected chi connectivity index (χ0v) is 14.6. The molecule has 5 heteroatoms. The predicted molar refractivity (Wildman–Crippen MR) is 99.2 cm³/mol. The van der Waals surface area contributed by atoms with Gasteiger partial charge in [0.2, 0.25) is 5.91 Å². The van der Waals surface area contributed by atoms with Crippen LogP contribution < -0.4 is 5.32 Å². The third kappa shape index (κ3) is 3.29. The van der Waals surface area contributed by atoms with Crippen LogP contribution in [0.3, 0.4) is 0 Å². The number of benzene rings is 1. The fraction of sp³-hybridized carbons (Fsp3) is 0.421. The van der Waals surface area contributed by atoms with Gasteiger partial charge in [0.15, 0.2) is 0 Å². The van der Waals surface area contributed by atoms with Crippen molar-refractivity contribution >= 4 is 29.2 Å². The molecule has 1 aromatic heterocycles. The molecule has 2 aliphatic heterocycles. The first kappa shape index (κ1) is 16.9. The summed E-state index contributed by atoms with van der Waals surface area (Å²) in [4.78, 5) is 14.6. The molecule has 0 bridgehead atoms. The predicted octanol–water partition coefficient (Wildman–Crippen LogP) is 3.45. The molecule has 24 heavy (non-hydrogen) atoms. The first-order valence-corrected chi connectivity index (χ1v) is 8.62. The summed E-state index contributed by atoms with van der Waals surface area (Å²) in [6, 6.07) is 10.7. The van der Waals surface area contributed by atoms with Gasteiger partial charge in [-0.05, 0) is 36.8 Å². The van der Waals surface area contributed by atoms with Gasteiger partial charge in [-0.3, -0.25) is 4.79 Å². The van der Waals surface area contributed by atoms with Gasteiger partial charge in [-0.15, -0.1) is 12.4 Å². The molecule has 0 spiro atoms. The Kier molecular flexibility index (Phi) is 5.14. The molecule has 4 nitrogen and oxygen atoms in total. The van der Waals surface area contributed by atoms with Crippen LogP contribution in [0.5, 0.6) is 0 Å². The van der Waals surface area contributed by atoms with E-state index in [0.717, 1.165) is 31.8 Å². The summed E-state index contributed by atoms with van der Waals surface area (Å²) in [5.41, 5.74) is 3.62. The van der Waals surface area contributed by atoms with Crippen molar-refractivity contribution in [3.63, 3.8) is 0 Å². The number of amides is 1. The normalized spacial score (nSPS) is 19.3. The Balaban J connectivity index is 0.00000169. The minimum absolute atomic E-state index is 0. The molecule has 4 rings (SSSR count). The van der Waals surface area contributed by atoms with E-state index in [9.17, 15) is 4.79 Å². The zero-order valence-electron chi connectivity index (χ0n) is 13.8. The van der Waals surface area contributed by atoms with Gasteiger partial charge in [0.25, 0.3) is 0 Å². The van der Waals surface area contributed by atoms with Crippen LogP contribution >= 0.6 is 12.4 Å². The van der Waals surface area contributed by atoms with Crippen LogP contribution in [0.4, 0.5) is 0 Å². The lowest BCUT2D eigenvalue weighted by molar-refractivity contribution is -0.127. The molecule has 128 valence electrons. The van der Waals surface area contributed by atoms with Crippen molar-refractivity contribution < 1.29 is 4.79 Å². The second kappa shape index (κ2) is 7.31. The first-order chi connectivity index (χ1) is 11.3. The number of hydrogen-bond acceptors (Lipinski definition) is 2. The molecule has 0 saturated carbocycles. The zero-order chi connectivity index (χ0) is 15.6. The topological polar surface area (TPSA) is 37.3 Å². The van der Waals surface area contributed by atoms with Crippen molar-refractivity contribution in [1.29, 1.82) is 0 Å². The van der Waals surface area contributed by atoms with Crippen LogP contribution in [-0.2, 0) is 17.9 Å². The lowest BCUT2D eigenvalue weighted by Crippen LogP contribution is -2.37. The number of carbonyl (C=O) groups is 1. The lowest BCUT2D eigenvalue weighted by atomic mass is 10.2. The first-order valence-electron chi connectivity index (χ1n) is 8.62. The van der Waals surface area contributed by atoms with Crippen LogP contribution in [0, 0.1) is 0 Å². The smallest absolute Gasteiger partial charge is 0.248 e. The molecule has 2 aromatic rings. The molecular weight excluding hydrogens is 322 g/mol. The molecule has 0 unspecified atom stereocenters. The van der Waals surface area contributed by atoms with Gasteiger partial charge in [0.1, 0.15) is 0 Å². The maximum Gasteiger partial charge on any atom is 0.248 e. The fourth-order valence-corrected chi connectivity index (χ4v) is 3.66. The lowest BCUT2D eigenvalue weighted by Gasteiger charge is -2.28. The minimum Gasteiger partial charge on any atom is -0.388 e. The van der Waals surface area contributed by atoms with Crippen LogP contribution in [0.25, 0.3) is 10.9 Å². The van der Waals surface area contributed by atoms with E-state index >= 15 is 0 Å². The van der Waals surface area contributed by atoms with Crippen molar-refractivity contribution in [2.75, 3.05) is 13.1 Å². The molecule has 1 aromatic carbocycles. The molecule has 1 fully saturated rings. The molecule has 2 aliphatic rings. The maximum atomic E-state index is 12.6. The number of para-hydroxylation sites is 1. The van der Waals surface area contributed by atoms with E-state index in [-0.39, 0.29) is 18.3 Å². The Morgan fingerprint density at radius 3 is 2.92 bits per heavy atom. The van der Waals surface area contributed by atoms with E-state index in [1.807, 2.05) is 11.0 Å². The highest BCUT2D eigenvalue weighted by Crippen LogP contribution is 2.24. The van der Waals surface area contributed by atoms with Crippen molar-refractivity contribution in [2.45, 2.75) is 38.8 Å². The Morgan fingerprint density at radius 1 is 1.12 bits per heavy atom. The van der Waals surface area contributed by atoms with Crippen molar-refractivity contribution in [3.05, 3.63) is 47.8 Å². The number of allylic oxidation sites excluding steroid dienone is 1. The van der Waals surface area contributed by atoms with Crippen molar-refractivity contribution in [2.24, 2.45) is 0 Å². The summed E-state index contributed by atoms with van der Waals surface area (Å²) >= 11 is 0. The van der Waals surface area contributed by atoms with Gasteiger partial charge in [-0.1, -0.05) is 24.6 Å². The van der Waals surface area contributed by atoms with E-state index < -0.39 is 0 Å². The number of nitrogens with zero attached hydrogens (tertiary/aromatic N) is 2. The Morgan fingerprint density at radius 2 is 2.00 bits per heavy atom. The summed E-state index contributed by atoms with van der Waals surface area (Å²) in [5.74, 6) is 0.144. The second-order valence-electron chi connectivity index (χ2n) is 6.51. The van der Waals surface area contributed by atoms with E-state index in [0.29, 0.717) is 6.54 Å². The molecule has 1 saturated heterocycles. The van der Waals surface area contributed by atoms with Gasteiger partial charge in [0.05, 0.1) is 6.54 Å². The number of halogens is 1. The molecule has 0 radical (unpaired) electrons. The summed E-state index contributed by atoms with van der Waals surface area (Å²) < 4.78 is 2.34. The quantitative estimate of drug-likeness (QED) is 0.804. The largest absolute Gasteiger partial charge is 0.388 e. The summed E-state index contributed by atoms with van der Waals surface area (Å²) in [5, 5.41) is 4.67. The Hall–Kier alpha value is -1.94. The molecule has 3 heterocycles. The van der Waals surface area contributed by atoms with Crippen molar-refractivity contribution in [3.8, 4) is 0 Å².